The molecule has 2 heterocycles. The third-order valence-corrected chi connectivity index (χ3v) is 3.89. The van der Waals surface area contributed by atoms with Gasteiger partial charge in [0.05, 0.1) is 29.7 Å². The number of nitro groups is 1. The molecule has 8 nitrogen and oxygen atoms in total. The van der Waals surface area contributed by atoms with Gasteiger partial charge in [-0.25, -0.2) is 0 Å². The number of aromatic nitrogens is 2. The Morgan fingerprint density at radius 1 is 1.04 bits per heavy atom. The number of rotatable bonds is 3. The lowest BCUT2D eigenvalue weighted by molar-refractivity contribution is -0.624. The molecule has 0 atom stereocenters. The van der Waals surface area contributed by atoms with E-state index in [-0.39, 0.29) is 16.0 Å². The van der Waals surface area contributed by atoms with E-state index in [1.54, 1.807) is 19.1 Å². The Kier molecular flexibility index (Phi) is 7.36. The molecule has 0 fully saturated rings. The SMILES string of the molecule is CCOc1cc(C)[n+]([O-])c(Br)c1.Cc1cc([N+](=O)[O-])cc(Br)[n+]1[O-]. The van der Waals surface area contributed by atoms with Crippen LogP contribution in [0, 0.1) is 34.4 Å². The molecule has 24 heavy (non-hydrogen) atoms. The second-order valence-electron chi connectivity index (χ2n) is 4.61. The summed E-state index contributed by atoms with van der Waals surface area (Å²) in [6.07, 6.45) is 0. The molecule has 2 aromatic heterocycles. The van der Waals surface area contributed by atoms with Crippen molar-refractivity contribution in [1.29, 1.82) is 0 Å². The molecule has 0 radical (unpaired) electrons. The average Bonchev–Trinajstić information content (AvgIpc) is 2.50. The zero-order valence-corrected chi connectivity index (χ0v) is 16.3. The molecule has 2 rings (SSSR count). The first kappa shape index (κ1) is 20.1. The fourth-order valence-electron chi connectivity index (χ4n) is 1.67. The maximum Gasteiger partial charge on any atom is 0.283 e. The fourth-order valence-corrected chi connectivity index (χ4v) is 2.69. The zero-order chi connectivity index (χ0) is 18.4. The number of hydrogen-bond donors (Lipinski definition) is 0. The van der Waals surface area contributed by atoms with Gasteiger partial charge in [0.2, 0.25) is 0 Å². The van der Waals surface area contributed by atoms with Crippen LogP contribution < -0.4 is 14.2 Å². The summed E-state index contributed by atoms with van der Waals surface area (Å²) in [7, 11) is 0. The van der Waals surface area contributed by atoms with Crippen molar-refractivity contribution in [2.24, 2.45) is 0 Å². The van der Waals surface area contributed by atoms with Crippen molar-refractivity contribution in [3.63, 3.8) is 0 Å². The van der Waals surface area contributed by atoms with Crippen molar-refractivity contribution in [2.45, 2.75) is 20.8 Å². The van der Waals surface area contributed by atoms with Crippen LogP contribution in [0.5, 0.6) is 5.75 Å². The molecule has 0 aliphatic rings. The van der Waals surface area contributed by atoms with Crippen LogP contribution in [-0.4, -0.2) is 11.5 Å². The molecule has 0 N–H and O–H groups in total. The summed E-state index contributed by atoms with van der Waals surface area (Å²) in [5.41, 5.74) is 0.815. The van der Waals surface area contributed by atoms with Crippen LogP contribution >= 0.6 is 31.9 Å². The minimum Gasteiger partial charge on any atom is -0.618 e. The first-order valence-corrected chi connectivity index (χ1v) is 8.32. The molecule has 0 saturated heterocycles. The molecule has 0 unspecified atom stereocenters. The summed E-state index contributed by atoms with van der Waals surface area (Å²) in [6.45, 7) is 5.75. The molecule has 0 aromatic carbocycles. The predicted molar refractivity (Wildman–Crippen MR) is 93.5 cm³/mol. The Balaban J connectivity index is 0.000000240. The van der Waals surface area contributed by atoms with Crippen LogP contribution in [0.15, 0.2) is 33.5 Å². The van der Waals surface area contributed by atoms with E-state index >= 15 is 0 Å². The quantitative estimate of drug-likeness (QED) is 0.228. The van der Waals surface area contributed by atoms with E-state index in [0.717, 1.165) is 4.73 Å². The first-order valence-electron chi connectivity index (χ1n) is 6.74. The van der Waals surface area contributed by atoms with Crippen LogP contribution in [0.1, 0.15) is 18.3 Å². The molecule has 0 amide bonds. The highest BCUT2D eigenvalue weighted by Gasteiger charge is 2.14. The second-order valence-corrected chi connectivity index (χ2v) is 6.24. The van der Waals surface area contributed by atoms with E-state index < -0.39 is 4.92 Å². The van der Waals surface area contributed by atoms with Crippen molar-refractivity contribution < 1.29 is 19.1 Å². The number of aryl methyl sites for hydroxylation is 2. The second kappa shape index (κ2) is 8.78. The molecule has 0 spiro atoms. The smallest absolute Gasteiger partial charge is 0.283 e. The van der Waals surface area contributed by atoms with Gasteiger partial charge in [-0.1, -0.05) is 0 Å². The zero-order valence-electron chi connectivity index (χ0n) is 13.2. The van der Waals surface area contributed by atoms with Gasteiger partial charge in [0.25, 0.3) is 14.9 Å². The Labute approximate surface area is 155 Å². The average molecular weight is 465 g/mol. The molecular weight excluding hydrogens is 450 g/mol. The van der Waals surface area contributed by atoms with E-state index in [4.69, 9.17) is 4.74 Å². The van der Waals surface area contributed by atoms with Gasteiger partial charge in [0, 0.05) is 51.8 Å². The molecule has 0 saturated carbocycles. The topological polar surface area (TPSA) is 106 Å². The van der Waals surface area contributed by atoms with Crippen LogP contribution in [0.4, 0.5) is 5.69 Å². The summed E-state index contributed by atoms with van der Waals surface area (Å²) in [4.78, 5) is 9.75. The predicted octanol–water partition coefficient (Wildman–Crippen LogP) is 3.09. The van der Waals surface area contributed by atoms with Crippen LogP contribution in [-0.2, 0) is 0 Å². The summed E-state index contributed by atoms with van der Waals surface area (Å²) in [6, 6.07) is 5.75. The number of hydrogen-bond acceptors (Lipinski definition) is 5. The van der Waals surface area contributed by atoms with E-state index in [2.05, 4.69) is 31.9 Å². The van der Waals surface area contributed by atoms with Gasteiger partial charge in [-0.2, -0.15) is 9.46 Å². The highest BCUT2D eigenvalue weighted by atomic mass is 79.9. The standard InChI is InChI=1S/C8H10BrNO2.C6H5BrN2O3/c1-3-12-7-4-6(2)10(11)8(9)5-7;1-4-2-5(9(11)12)3-6(7)8(4)10/h4-5H,3H2,1-2H3;2-3H,1H3. The third kappa shape index (κ3) is 5.31. The minimum atomic E-state index is -0.544. The lowest BCUT2D eigenvalue weighted by atomic mass is 10.3. The van der Waals surface area contributed by atoms with E-state index in [0.29, 0.717) is 27.4 Å². The summed E-state index contributed by atoms with van der Waals surface area (Å²) in [5, 5.41) is 32.4. The molecule has 2 aromatic rings. The van der Waals surface area contributed by atoms with Crippen molar-refractivity contribution in [3.8, 4) is 5.75 Å². The largest absolute Gasteiger partial charge is 0.618 e. The molecule has 0 aliphatic heterocycles. The first-order chi connectivity index (χ1) is 11.2. The maximum atomic E-state index is 11.1. The Hall–Kier alpha value is -1.94. The maximum absolute atomic E-state index is 11.1. The highest BCUT2D eigenvalue weighted by Crippen LogP contribution is 2.16. The van der Waals surface area contributed by atoms with Crippen LogP contribution in [0.25, 0.3) is 0 Å². The van der Waals surface area contributed by atoms with E-state index in [9.17, 15) is 20.5 Å². The molecule has 0 aliphatic carbocycles. The van der Waals surface area contributed by atoms with Crippen molar-refractivity contribution in [1.82, 2.24) is 0 Å². The third-order valence-electron chi connectivity index (χ3n) is 2.79. The highest BCUT2D eigenvalue weighted by molar-refractivity contribution is 9.10. The lowest BCUT2D eigenvalue weighted by Crippen LogP contribution is -2.31. The minimum absolute atomic E-state index is 0.0912. The van der Waals surface area contributed by atoms with Crippen molar-refractivity contribution in [2.75, 3.05) is 6.61 Å². The van der Waals surface area contributed by atoms with Crippen molar-refractivity contribution >= 4 is 37.5 Å². The Morgan fingerprint density at radius 2 is 1.54 bits per heavy atom. The van der Waals surface area contributed by atoms with Gasteiger partial charge < -0.3 is 15.2 Å². The summed E-state index contributed by atoms with van der Waals surface area (Å²) < 4.78 is 7.25. The van der Waals surface area contributed by atoms with Gasteiger partial charge >= 0.3 is 0 Å². The number of halogens is 2. The van der Waals surface area contributed by atoms with Crippen molar-refractivity contribution in [3.05, 3.63) is 65.4 Å². The van der Waals surface area contributed by atoms with Crippen LogP contribution in [0.2, 0.25) is 0 Å². The molecule has 130 valence electrons. The van der Waals surface area contributed by atoms with E-state index in [1.807, 2.05) is 6.92 Å². The monoisotopic (exact) mass is 463 g/mol. The van der Waals surface area contributed by atoms with Gasteiger partial charge in [0.1, 0.15) is 5.75 Å². The van der Waals surface area contributed by atoms with Gasteiger partial charge in [-0.05, 0) is 6.92 Å². The fraction of sp³-hybridized carbons (Fsp3) is 0.286. The normalized spacial score (nSPS) is 9.88. The number of nitrogens with zero attached hydrogens (tertiary/aromatic N) is 3. The van der Waals surface area contributed by atoms with Gasteiger partial charge in [-0.15, -0.1) is 0 Å². The van der Waals surface area contributed by atoms with E-state index in [1.165, 1.54) is 19.1 Å². The lowest BCUT2D eigenvalue weighted by Gasteiger charge is -2.06. The summed E-state index contributed by atoms with van der Waals surface area (Å²) >= 11 is 6.05. The Bertz CT molecular complexity index is 709. The number of pyridine rings is 2. The Morgan fingerprint density at radius 3 is 1.96 bits per heavy atom. The molecular formula is C14H15Br2N3O5. The van der Waals surface area contributed by atoms with Crippen LogP contribution in [0.3, 0.4) is 0 Å². The summed E-state index contributed by atoms with van der Waals surface area (Å²) in [5.74, 6) is 0.717. The number of ether oxygens (including phenoxy) is 1. The van der Waals surface area contributed by atoms with Gasteiger partial charge in [-0.3, -0.25) is 10.1 Å². The van der Waals surface area contributed by atoms with Gasteiger partial charge in [0.15, 0.2) is 11.4 Å². The molecule has 0 bridgehead atoms. The molecule has 10 heteroatoms.